The zero-order chi connectivity index (χ0) is 21.1. The van der Waals surface area contributed by atoms with Crippen LogP contribution in [0.3, 0.4) is 0 Å². The van der Waals surface area contributed by atoms with Gasteiger partial charge in [0.1, 0.15) is 18.1 Å². The van der Waals surface area contributed by atoms with Crippen molar-refractivity contribution in [2.45, 2.75) is 26.8 Å². The van der Waals surface area contributed by atoms with Gasteiger partial charge in [-0.05, 0) is 28.3 Å². The Balaban J connectivity index is 1.44. The van der Waals surface area contributed by atoms with Crippen molar-refractivity contribution in [2.24, 2.45) is 5.41 Å². The van der Waals surface area contributed by atoms with Crippen molar-refractivity contribution in [3.63, 3.8) is 0 Å². The second-order valence-electron chi connectivity index (χ2n) is 7.95. The molecule has 9 heteroatoms. The lowest BCUT2D eigenvalue weighted by Gasteiger charge is -2.28. The number of nitrogens with zero attached hydrogens (tertiary/aromatic N) is 4. The molecule has 0 fully saturated rings. The topological polar surface area (TPSA) is 119 Å². The van der Waals surface area contributed by atoms with E-state index in [2.05, 4.69) is 30.6 Å². The van der Waals surface area contributed by atoms with Crippen molar-refractivity contribution in [3.8, 4) is 17.4 Å². The van der Waals surface area contributed by atoms with Crippen molar-refractivity contribution < 1.29 is 14.1 Å². The summed E-state index contributed by atoms with van der Waals surface area (Å²) in [5, 5.41) is 15.5. The predicted molar refractivity (Wildman–Crippen MR) is 109 cm³/mol. The average Bonchev–Trinajstić information content (AvgIpc) is 3.41. The molecular weight excluding hydrogens is 384 g/mol. The summed E-state index contributed by atoms with van der Waals surface area (Å²) in [5.74, 6) is 1.29. The minimum absolute atomic E-state index is 0.131. The molecule has 1 amide bonds. The number of hydrogen-bond donors (Lipinski definition) is 2. The van der Waals surface area contributed by atoms with Crippen LogP contribution in [0.15, 0.2) is 53.3 Å². The summed E-state index contributed by atoms with van der Waals surface area (Å²) in [6.45, 7) is 5.79. The molecule has 0 saturated heterocycles. The third-order valence-electron chi connectivity index (χ3n) is 4.58. The molecule has 154 valence electrons. The van der Waals surface area contributed by atoms with Crippen LogP contribution >= 0.6 is 0 Å². The van der Waals surface area contributed by atoms with E-state index in [1.807, 2.05) is 63.2 Å². The van der Waals surface area contributed by atoms with Crippen molar-refractivity contribution >= 4 is 16.7 Å². The van der Waals surface area contributed by atoms with Gasteiger partial charge in [0.15, 0.2) is 12.4 Å². The van der Waals surface area contributed by atoms with Crippen LogP contribution in [0.4, 0.5) is 0 Å². The van der Waals surface area contributed by atoms with Gasteiger partial charge >= 0.3 is 0 Å². The predicted octanol–water partition coefficient (Wildman–Crippen LogP) is 3.29. The van der Waals surface area contributed by atoms with Crippen LogP contribution in [-0.4, -0.2) is 37.8 Å². The number of benzene rings is 2. The van der Waals surface area contributed by atoms with E-state index in [4.69, 9.17) is 9.26 Å². The van der Waals surface area contributed by atoms with Gasteiger partial charge in [0.05, 0.1) is 0 Å². The molecule has 9 nitrogen and oxygen atoms in total. The lowest BCUT2D eigenvalue weighted by atomic mass is 9.86. The van der Waals surface area contributed by atoms with Gasteiger partial charge in [0.25, 0.3) is 5.91 Å². The number of ether oxygens (including phenoxy) is 1. The largest absolute Gasteiger partial charge is 0.484 e. The lowest BCUT2D eigenvalue weighted by Crippen LogP contribution is -2.39. The number of carbonyl (C=O) groups is 1. The quantitative estimate of drug-likeness (QED) is 0.504. The summed E-state index contributed by atoms with van der Waals surface area (Å²) in [6, 6.07) is 13.2. The Labute approximate surface area is 172 Å². The third-order valence-corrected chi connectivity index (χ3v) is 4.58. The number of aromatic amines is 1. The van der Waals surface area contributed by atoms with E-state index < -0.39 is 6.04 Å². The Kier molecular flexibility index (Phi) is 5.18. The van der Waals surface area contributed by atoms with E-state index in [-0.39, 0.29) is 29.6 Å². The van der Waals surface area contributed by atoms with Crippen LogP contribution in [0, 0.1) is 5.41 Å². The maximum absolute atomic E-state index is 12.6. The van der Waals surface area contributed by atoms with Crippen molar-refractivity contribution in [2.75, 3.05) is 6.61 Å². The molecule has 0 aliphatic carbocycles. The SMILES string of the molecule is CC(C)(C)C(NC(=O)COc1ccc2ccccc2c1)c1nc(-c2ncn[nH]2)no1. The van der Waals surface area contributed by atoms with E-state index >= 15 is 0 Å². The van der Waals surface area contributed by atoms with Crippen LogP contribution in [-0.2, 0) is 4.79 Å². The van der Waals surface area contributed by atoms with E-state index in [0.29, 0.717) is 11.6 Å². The summed E-state index contributed by atoms with van der Waals surface area (Å²) < 4.78 is 11.1. The number of nitrogens with one attached hydrogen (secondary N) is 2. The van der Waals surface area contributed by atoms with Crippen LogP contribution in [0.5, 0.6) is 5.75 Å². The number of amides is 1. The first-order valence-electron chi connectivity index (χ1n) is 9.50. The molecule has 0 saturated carbocycles. The molecular formula is C21H22N6O3. The van der Waals surface area contributed by atoms with Gasteiger partial charge < -0.3 is 14.6 Å². The molecule has 0 radical (unpaired) electrons. The van der Waals surface area contributed by atoms with E-state index in [1.54, 1.807) is 0 Å². The number of H-pyrrole nitrogens is 1. The molecule has 2 aromatic heterocycles. The van der Waals surface area contributed by atoms with Gasteiger partial charge in [-0.1, -0.05) is 56.3 Å². The van der Waals surface area contributed by atoms with Gasteiger partial charge in [-0.15, -0.1) is 0 Å². The Morgan fingerprint density at radius 2 is 2.00 bits per heavy atom. The number of rotatable bonds is 6. The number of fused-ring (bicyclic) bond motifs is 1. The Morgan fingerprint density at radius 1 is 1.20 bits per heavy atom. The molecule has 0 spiro atoms. The summed E-state index contributed by atoms with van der Waals surface area (Å²) in [6.07, 6.45) is 1.36. The van der Waals surface area contributed by atoms with Gasteiger partial charge in [0.2, 0.25) is 11.7 Å². The molecule has 4 rings (SSSR count). The van der Waals surface area contributed by atoms with E-state index in [0.717, 1.165) is 10.8 Å². The highest BCUT2D eigenvalue weighted by atomic mass is 16.5. The number of carbonyl (C=O) groups excluding carboxylic acids is 1. The standard InChI is InChI=1S/C21H22N6O3/c1-21(2,3)17(20-25-19(27-30-20)18-22-12-23-26-18)24-16(28)11-29-15-9-8-13-6-4-5-7-14(13)10-15/h4-10,12,17H,11H2,1-3H3,(H,24,28)(H,22,23,26). The lowest BCUT2D eigenvalue weighted by molar-refractivity contribution is -0.124. The summed E-state index contributed by atoms with van der Waals surface area (Å²) >= 11 is 0. The first-order valence-corrected chi connectivity index (χ1v) is 9.50. The van der Waals surface area contributed by atoms with Crippen LogP contribution in [0.2, 0.25) is 0 Å². The Morgan fingerprint density at radius 3 is 2.73 bits per heavy atom. The van der Waals surface area contributed by atoms with Gasteiger partial charge in [0, 0.05) is 0 Å². The summed E-state index contributed by atoms with van der Waals surface area (Å²) in [7, 11) is 0. The van der Waals surface area contributed by atoms with Crippen molar-refractivity contribution in [1.29, 1.82) is 0 Å². The summed E-state index contributed by atoms with van der Waals surface area (Å²) in [4.78, 5) is 21.0. The molecule has 0 aliphatic rings. The molecule has 0 aliphatic heterocycles. The second kappa shape index (κ2) is 7.94. The first-order chi connectivity index (χ1) is 14.4. The molecule has 2 heterocycles. The summed E-state index contributed by atoms with van der Waals surface area (Å²) in [5.41, 5.74) is -0.371. The molecule has 1 atom stereocenters. The first kappa shape index (κ1) is 19.6. The fraction of sp³-hybridized carbons (Fsp3) is 0.286. The Bertz CT molecular complexity index is 1150. The van der Waals surface area contributed by atoms with Crippen molar-refractivity contribution in [1.82, 2.24) is 30.6 Å². The maximum Gasteiger partial charge on any atom is 0.258 e. The van der Waals surface area contributed by atoms with Gasteiger partial charge in [-0.2, -0.15) is 10.1 Å². The molecule has 1 unspecified atom stereocenters. The van der Waals surface area contributed by atoms with Crippen molar-refractivity contribution in [3.05, 3.63) is 54.7 Å². The number of aromatic nitrogens is 5. The van der Waals surface area contributed by atoms with Crippen LogP contribution in [0.1, 0.15) is 32.7 Å². The smallest absolute Gasteiger partial charge is 0.258 e. The second-order valence-corrected chi connectivity index (χ2v) is 7.95. The minimum Gasteiger partial charge on any atom is -0.484 e. The number of hydrogen-bond acceptors (Lipinski definition) is 7. The van der Waals surface area contributed by atoms with Gasteiger partial charge in [-0.25, -0.2) is 4.98 Å². The van der Waals surface area contributed by atoms with E-state index in [1.165, 1.54) is 6.33 Å². The fourth-order valence-corrected chi connectivity index (χ4v) is 3.02. The zero-order valence-electron chi connectivity index (χ0n) is 16.9. The highest BCUT2D eigenvalue weighted by Crippen LogP contribution is 2.32. The maximum atomic E-state index is 12.6. The Hall–Kier alpha value is -3.75. The van der Waals surface area contributed by atoms with Crippen LogP contribution < -0.4 is 10.1 Å². The molecule has 30 heavy (non-hydrogen) atoms. The average molecular weight is 406 g/mol. The monoisotopic (exact) mass is 406 g/mol. The highest BCUT2D eigenvalue weighted by Gasteiger charge is 2.33. The minimum atomic E-state index is -0.505. The molecule has 4 aromatic rings. The molecule has 2 N–H and O–H groups in total. The van der Waals surface area contributed by atoms with E-state index in [9.17, 15) is 4.79 Å². The van der Waals surface area contributed by atoms with Gasteiger partial charge in [-0.3, -0.25) is 9.89 Å². The molecule has 0 bridgehead atoms. The fourth-order valence-electron chi connectivity index (χ4n) is 3.02. The zero-order valence-corrected chi connectivity index (χ0v) is 16.9. The normalized spacial score (nSPS) is 12.6. The molecule has 2 aromatic carbocycles. The third kappa shape index (κ3) is 4.29. The van der Waals surface area contributed by atoms with Crippen LogP contribution in [0.25, 0.3) is 22.4 Å². The highest BCUT2D eigenvalue weighted by molar-refractivity contribution is 5.84.